The summed E-state index contributed by atoms with van der Waals surface area (Å²) in [5, 5.41) is 4.79. The Morgan fingerprint density at radius 2 is 1.86 bits per heavy atom. The summed E-state index contributed by atoms with van der Waals surface area (Å²) in [5.41, 5.74) is 6.41. The number of hydrogen-bond donors (Lipinski definition) is 1. The molecular weight excluding hydrogens is 258 g/mol. The molecule has 0 atom stereocenters. The quantitative estimate of drug-likeness (QED) is 0.937. The Labute approximate surface area is 127 Å². The SMILES string of the molecule is CCCc1cc(N2CCNCC2)c2c(C)ccc(C)c2n1. The smallest absolute Gasteiger partial charge is 0.0757 e. The Morgan fingerprint density at radius 3 is 2.57 bits per heavy atom. The fourth-order valence-electron chi connectivity index (χ4n) is 3.21. The monoisotopic (exact) mass is 283 g/mol. The Bertz CT molecular complexity index is 642. The van der Waals surface area contributed by atoms with Gasteiger partial charge < -0.3 is 10.2 Å². The highest BCUT2D eigenvalue weighted by molar-refractivity contribution is 5.96. The molecule has 0 radical (unpaired) electrons. The molecule has 0 spiro atoms. The first-order valence-electron chi connectivity index (χ1n) is 8.06. The minimum atomic E-state index is 1.06. The Morgan fingerprint density at radius 1 is 1.14 bits per heavy atom. The van der Waals surface area contributed by atoms with Crippen LogP contribution >= 0.6 is 0 Å². The number of piperazine rings is 1. The van der Waals surface area contributed by atoms with Gasteiger partial charge in [0, 0.05) is 42.9 Å². The number of pyridine rings is 1. The van der Waals surface area contributed by atoms with Gasteiger partial charge in [-0.25, -0.2) is 0 Å². The number of nitrogens with one attached hydrogen (secondary N) is 1. The van der Waals surface area contributed by atoms with Crippen LogP contribution in [-0.4, -0.2) is 31.2 Å². The van der Waals surface area contributed by atoms with Crippen molar-refractivity contribution in [1.82, 2.24) is 10.3 Å². The molecule has 1 N–H and O–H groups in total. The minimum Gasteiger partial charge on any atom is -0.368 e. The number of aryl methyl sites for hydroxylation is 3. The van der Waals surface area contributed by atoms with Gasteiger partial charge in [0.1, 0.15) is 0 Å². The van der Waals surface area contributed by atoms with Gasteiger partial charge in [-0.3, -0.25) is 4.98 Å². The third-order valence-corrected chi connectivity index (χ3v) is 4.37. The summed E-state index contributed by atoms with van der Waals surface area (Å²) in [4.78, 5) is 7.46. The van der Waals surface area contributed by atoms with Crippen LogP contribution in [0.4, 0.5) is 5.69 Å². The Hall–Kier alpha value is -1.61. The lowest BCUT2D eigenvalue weighted by atomic mass is 10.0. The van der Waals surface area contributed by atoms with E-state index in [1.165, 1.54) is 33.4 Å². The molecule has 21 heavy (non-hydrogen) atoms. The van der Waals surface area contributed by atoms with Gasteiger partial charge in [-0.15, -0.1) is 0 Å². The van der Waals surface area contributed by atoms with Crippen molar-refractivity contribution in [2.75, 3.05) is 31.1 Å². The van der Waals surface area contributed by atoms with E-state index >= 15 is 0 Å². The number of hydrogen-bond acceptors (Lipinski definition) is 3. The van der Waals surface area contributed by atoms with Gasteiger partial charge in [0.2, 0.25) is 0 Å². The zero-order valence-electron chi connectivity index (χ0n) is 13.4. The van der Waals surface area contributed by atoms with Crippen LogP contribution in [0.5, 0.6) is 0 Å². The largest absolute Gasteiger partial charge is 0.368 e. The lowest BCUT2D eigenvalue weighted by Crippen LogP contribution is -2.43. The van der Waals surface area contributed by atoms with Gasteiger partial charge >= 0.3 is 0 Å². The van der Waals surface area contributed by atoms with Crippen molar-refractivity contribution in [2.45, 2.75) is 33.6 Å². The summed E-state index contributed by atoms with van der Waals surface area (Å²) in [6.07, 6.45) is 2.20. The highest BCUT2D eigenvalue weighted by Crippen LogP contribution is 2.32. The summed E-state index contributed by atoms with van der Waals surface area (Å²) in [6, 6.07) is 6.75. The summed E-state index contributed by atoms with van der Waals surface area (Å²) in [6.45, 7) is 10.9. The molecule has 1 fully saturated rings. The van der Waals surface area contributed by atoms with E-state index < -0.39 is 0 Å². The second-order valence-corrected chi connectivity index (χ2v) is 6.04. The van der Waals surface area contributed by atoms with Crippen molar-refractivity contribution >= 4 is 16.6 Å². The van der Waals surface area contributed by atoms with Gasteiger partial charge in [-0.05, 0) is 37.5 Å². The van der Waals surface area contributed by atoms with Crippen LogP contribution in [0.25, 0.3) is 10.9 Å². The van der Waals surface area contributed by atoms with E-state index in [9.17, 15) is 0 Å². The standard InChI is InChI=1S/C18H25N3/c1-4-5-15-12-16(21-10-8-19-9-11-21)17-13(2)6-7-14(3)18(17)20-15/h6-7,12,19H,4-5,8-11H2,1-3H3. The predicted molar refractivity (Wildman–Crippen MR) is 90.3 cm³/mol. The van der Waals surface area contributed by atoms with Crippen molar-refractivity contribution in [3.05, 3.63) is 35.0 Å². The number of benzene rings is 1. The average Bonchev–Trinajstić information content (AvgIpc) is 2.51. The fraction of sp³-hybridized carbons (Fsp3) is 0.500. The summed E-state index contributed by atoms with van der Waals surface area (Å²) in [7, 11) is 0. The molecule has 3 rings (SSSR count). The highest BCUT2D eigenvalue weighted by atomic mass is 15.2. The summed E-state index contributed by atoms with van der Waals surface area (Å²) in [5.74, 6) is 0. The molecular formula is C18H25N3. The maximum atomic E-state index is 4.94. The molecule has 0 aliphatic carbocycles. The van der Waals surface area contributed by atoms with Crippen LogP contribution in [0.1, 0.15) is 30.2 Å². The molecule has 1 aromatic carbocycles. The van der Waals surface area contributed by atoms with E-state index in [0.29, 0.717) is 0 Å². The lowest BCUT2D eigenvalue weighted by molar-refractivity contribution is 0.590. The molecule has 3 heteroatoms. The molecule has 0 unspecified atom stereocenters. The highest BCUT2D eigenvalue weighted by Gasteiger charge is 2.17. The number of nitrogens with zero attached hydrogens (tertiary/aromatic N) is 2. The number of anilines is 1. The van der Waals surface area contributed by atoms with E-state index in [1.807, 2.05) is 0 Å². The molecule has 112 valence electrons. The molecule has 2 aromatic rings. The van der Waals surface area contributed by atoms with Crippen LogP contribution in [0.15, 0.2) is 18.2 Å². The van der Waals surface area contributed by atoms with Gasteiger partial charge in [0.05, 0.1) is 5.52 Å². The molecule has 3 nitrogen and oxygen atoms in total. The van der Waals surface area contributed by atoms with Crippen molar-refractivity contribution in [2.24, 2.45) is 0 Å². The van der Waals surface area contributed by atoms with Crippen molar-refractivity contribution in [3.8, 4) is 0 Å². The van der Waals surface area contributed by atoms with Gasteiger partial charge in [-0.2, -0.15) is 0 Å². The van der Waals surface area contributed by atoms with Crippen LogP contribution < -0.4 is 10.2 Å². The third-order valence-electron chi connectivity index (χ3n) is 4.37. The van der Waals surface area contributed by atoms with Crippen molar-refractivity contribution < 1.29 is 0 Å². The number of rotatable bonds is 3. The average molecular weight is 283 g/mol. The minimum absolute atomic E-state index is 1.06. The molecule has 0 bridgehead atoms. The number of fused-ring (bicyclic) bond motifs is 1. The topological polar surface area (TPSA) is 28.2 Å². The maximum absolute atomic E-state index is 4.94. The van der Waals surface area contributed by atoms with Gasteiger partial charge in [-0.1, -0.05) is 25.5 Å². The Balaban J connectivity index is 2.21. The van der Waals surface area contributed by atoms with Crippen LogP contribution in [0, 0.1) is 13.8 Å². The normalized spacial score (nSPS) is 15.7. The van der Waals surface area contributed by atoms with E-state index in [0.717, 1.165) is 39.0 Å². The van der Waals surface area contributed by atoms with Gasteiger partial charge in [0.15, 0.2) is 0 Å². The van der Waals surface area contributed by atoms with Crippen molar-refractivity contribution in [3.63, 3.8) is 0 Å². The first-order valence-corrected chi connectivity index (χ1v) is 8.06. The summed E-state index contributed by atoms with van der Waals surface area (Å²) < 4.78 is 0. The molecule has 1 aliphatic heterocycles. The lowest BCUT2D eigenvalue weighted by Gasteiger charge is -2.31. The van der Waals surface area contributed by atoms with E-state index in [-0.39, 0.29) is 0 Å². The first-order chi connectivity index (χ1) is 10.2. The van der Waals surface area contributed by atoms with Crippen LogP contribution in [-0.2, 0) is 6.42 Å². The second-order valence-electron chi connectivity index (χ2n) is 6.04. The summed E-state index contributed by atoms with van der Waals surface area (Å²) >= 11 is 0. The van der Waals surface area contributed by atoms with Crippen LogP contribution in [0.3, 0.4) is 0 Å². The zero-order valence-corrected chi connectivity index (χ0v) is 13.4. The molecule has 2 heterocycles. The van der Waals surface area contributed by atoms with E-state index in [4.69, 9.17) is 4.98 Å². The first kappa shape index (κ1) is 14.3. The Kier molecular flexibility index (Phi) is 4.11. The maximum Gasteiger partial charge on any atom is 0.0757 e. The fourth-order valence-corrected chi connectivity index (χ4v) is 3.21. The molecule has 1 aromatic heterocycles. The second kappa shape index (κ2) is 6.02. The number of aromatic nitrogens is 1. The molecule has 1 saturated heterocycles. The van der Waals surface area contributed by atoms with E-state index in [2.05, 4.69) is 49.2 Å². The van der Waals surface area contributed by atoms with Crippen LogP contribution in [0.2, 0.25) is 0 Å². The molecule has 0 saturated carbocycles. The predicted octanol–water partition coefficient (Wildman–Crippen LogP) is 3.21. The van der Waals surface area contributed by atoms with Gasteiger partial charge in [0.25, 0.3) is 0 Å². The van der Waals surface area contributed by atoms with E-state index in [1.54, 1.807) is 0 Å². The van der Waals surface area contributed by atoms with Crippen molar-refractivity contribution in [1.29, 1.82) is 0 Å². The molecule has 0 amide bonds. The zero-order chi connectivity index (χ0) is 14.8. The molecule has 1 aliphatic rings. The third kappa shape index (κ3) is 2.75.